The Hall–Kier alpha value is -1.07. The standard InChI is InChI=1S/C10H11ClN2/c1-2-3-4-5-6-10-12-8-7-9(11)13-10/h7-8H,2-4H2,1H3. The van der Waals surface area contributed by atoms with E-state index in [0.717, 1.165) is 19.3 Å². The van der Waals surface area contributed by atoms with E-state index in [1.807, 2.05) is 0 Å². The van der Waals surface area contributed by atoms with E-state index in [2.05, 4.69) is 28.7 Å². The minimum absolute atomic E-state index is 0.440. The van der Waals surface area contributed by atoms with Gasteiger partial charge in [0.05, 0.1) is 0 Å². The van der Waals surface area contributed by atoms with Gasteiger partial charge in [0.1, 0.15) is 5.15 Å². The first-order valence-electron chi connectivity index (χ1n) is 4.30. The van der Waals surface area contributed by atoms with Crippen LogP contribution in [-0.2, 0) is 0 Å². The lowest BCUT2D eigenvalue weighted by Crippen LogP contribution is -1.86. The molecule has 0 fully saturated rings. The second kappa shape index (κ2) is 5.55. The Kier molecular flexibility index (Phi) is 4.28. The van der Waals surface area contributed by atoms with Crippen LogP contribution in [0.1, 0.15) is 32.0 Å². The van der Waals surface area contributed by atoms with Gasteiger partial charge in [0.25, 0.3) is 0 Å². The quantitative estimate of drug-likeness (QED) is 0.411. The van der Waals surface area contributed by atoms with Crippen molar-refractivity contribution in [3.05, 3.63) is 23.2 Å². The van der Waals surface area contributed by atoms with Gasteiger partial charge >= 0.3 is 0 Å². The van der Waals surface area contributed by atoms with Crippen LogP contribution < -0.4 is 0 Å². The van der Waals surface area contributed by atoms with Crippen LogP contribution in [0.3, 0.4) is 0 Å². The monoisotopic (exact) mass is 194 g/mol. The Labute approximate surface area is 83.4 Å². The van der Waals surface area contributed by atoms with E-state index in [1.165, 1.54) is 0 Å². The van der Waals surface area contributed by atoms with Crippen molar-refractivity contribution in [1.82, 2.24) is 9.97 Å². The summed E-state index contributed by atoms with van der Waals surface area (Å²) in [5.74, 6) is 6.36. The molecule has 0 spiro atoms. The SMILES string of the molecule is CCCCC#Cc1nccc(Cl)n1. The molecule has 0 bridgehead atoms. The van der Waals surface area contributed by atoms with Crippen molar-refractivity contribution in [2.24, 2.45) is 0 Å². The van der Waals surface area contributed by atoms with Crippen LogP contribution >= 0.6 is 11.6 Å². The summed E-state index contributed by atoms with van der Waals surface area (Å²) < 4.78 is 0. The van der Waals surface area contributed by atoms with Crippen LogP contribution in [0.2, 0.25) is 5.15 Å². The Morgan fingerprint density at radius 3 is 3.08 bits per heavy atom. The van der Waals surface area contributed by atoms with E-state index in [4.69, 9.17) is 11.6 Å². The predicted octanol–water partition coefficient (Wildman–Crippen LogP) is 2.67. The smallest absolute Gasteiger partial charge is 0.206 e. The summed E-state index contributed by atoms with van der Waals surface area (Å²) in [5, 5.41) is 0.440. The zero-order valence-electron chi connectivity index (χ0n) is 7.55. The largest absolute Gasteiger partial charge is 0.229 e. The second-order valence-electron chi connectivity index (χ2n) is 2.61. The number of halogens is 1. The molecule has 0 saturated heterocycles. The normalized spacial score (nSPS) is 9.08. The third kappa shape index (κ3) is 3.91. The Morgan fingerprint density at radius 1 is 1.54 bits per heavy atom. The molecular weight excluding hydrogens is 184 g/mol. The van der Waals surface area contributed by atoms with Gasteiger partial charge in [0.2, 0.25) is 5.82 Å². The zero-order chi connectivity index (χ0) is 9.52. The Bertz CT molecular complexity index is 325. The summed E-state index contributed by atoms with van der Waals surface area (Å²) in [5.41, 5.74) is 0. The maximum atomic E-state index is 5.67. The maximum Gasteiger partial charge on any atom is 0.206 e. The molecule has 0 aliphatic heterocycles. The fourth-order valence-electron chi connectivity index (χ4n) is 0.804. The van der Waals surface area contributed by atoms with Gasteiger partial charge in [0.15, 0.2) is 0 Å². The molecule has 0 amide bonds. The molecule has 2 nitrogen and oxygen atoms in total. The molecule has 0 aliphatic rings. The van der Waals surface area contributed by atoms with Crippen molar-refractivity contribution in [2.75, 3.05) is 0 Å². The highest BCUT2D eigenvalue weighted by Crippen LogP contribution is 2.01. The molecule has 68 valence electrons. The van der Waals surface area contributed by atoms with E-state index in [1.54, 1.807) is 12.3 Å². The summed E-state index contributed by atoms with van der Waals surface area (Å²) in [6.45, 7) is 2.14. The van der Waals surface area contributed by atoms with Crippen molar-refractivity contribution in [3.8, 4) is 11.8 Å². The van der Waals surface area contributed by atoms with Gasteiger partial charge in [-0.15, -0.1) is 0 Å². The summed E-state index contributed by atoms with van der Waals surface area (Å²) >= 11 is 5.67. The summed E-state index contributed by atoms with van der Waals surface area (Å²) in [7, 11) is 0. The molecule has 0 atom stereocenters. The molecule has 0 N–H and O–H groups in total. The van der Waals surface area contributed by atoms with E-state index in [0.29, 0.717) is 11.0 Å². The van der Waals surface area contributed by atoms with Crippen molar-refractivity contribution >= 4 is 11.6 Å². The number of aromatic nitrogens is 2. The molecule has 3 heteroatoms. The molecule has 1 aromatic heterocycles. The van der Waals surface area contributed by atoms with Gasteiger partial charge in [-0.05, 0) is 18.4 Å². The molecule has 0 aromatic carbocycles. The van der Waals surface area contributed by atoms with Crippen LogP contribution in [0.15, 0.2) is 12.3 Å². The molecule has 1 rings (SSSR count). The lowest BCUT2D eigenvalue weighted by molar-refractivity contribution is 0.828. The highest BCUT2D eigenvalue weighted by Gasteiger charge is 1.90. The summed E-state index contributed by atoms with van der Waals surface area (Å²) in [4.78, 5) is 7.92. The maximum absolute atomic E-state index is 5.67. The van der Waals surface area contributed by atoms with Crippen LogP contribution in [0.25, 0.3) is 0 Å². The molecule has 13 heavy (non-hydrogen) atoms. The molecular formula is C10H11ClN2. The van der Waals surface area contributed by atoms with Gasteiger partial charge in [0, 0.05) is 12.6 Å². The van der Waals surface area contributed by atoms with Gasteiger partial charge < -0.3 is 0 Å². The molecule has 0 saturated carbocycles. The minimum Gasteiger partial charge on any atom is -0.229 e. The number of nitrogens with zero attached hydrogens (tertiary/aromatic N) is 2. The minimum atomic E-state index is 0.440. The Balaban J connectivity index is 2.56. The van der Waals surface area contributed by atoms with E-state index >= 15 is 0 Å². The van der Waals surface area contributed by atoms with Gasteiger partial charge in [-0.2, -0.15) is 0 Å². The number of hydrogen-bond donors (Lipinski definition) is 0. The third-order valence-corrected chi connectivity index (χ3v) is 1.69. The zero-order valence-corrected chi connectivity index (χ0v) is 8.30. The number of rotatable bonds is 2. The molecule has 1 heterocycles. The van der Waals surface area contributed by atoms with E-state index in [9.17, 15) is 0 Å². The highest BCUT2D eigenvalue weighted by atomic mass is 35.5. The van der Waals surface area contributed by atoms with E-state index in [-0.39, 0.29) is 0 Å². The molecule has 1 aromatic rings. The van der Waals surface area contributed by atoms with Crippen molar-refractivity contribution in [2.45, 2.75) is 26.2 Å². The topological polar surface area (TPSA) is 25.8 Å². The fourth-order valence-corrected chi connectivity index (χ4v) is 0.940. The van der Waals surface area contributed by atoms with Crippen LogP contribution in [0, 0.1) is 11.8 Å². The van der Waals surface area contributed by atoms with Crippen LogP contribution in [0.5, 0.6) is 0 Å². The summed E-state index contributed by atoms with van der Waals surface area (Å²) in [6.07, 6.45) is 4.78. The highest BCUT2D eigenvalue weighted by molar-refractivity contribution is 6.29. The van der Waals surface area contributed by atoms with Crippen molar-refractivity contribution in [1.29, 1.82) is 0 Å². The first-order valence-corrected chi connectivity index (χ1v) is 4.68. The molecule has 0 radical (unpaired) electrons. The van der Waals surface area contributed by atoms with Gasteiger partial charge in [-0.3, -0.25) is 0 Å². The van der Waals surface area contributed by atoms with Crippen LogP contribution in [-0.4, -0.2) is 9.97 Å². The third-order valence-electron chi connectivity index (χ3n) is 1.48. The Morgan fingerprint density at radius 2 is 2.38 bits per heavy atom. The predicted molar refractivity (Wildman–Crippen MR) is 53.4 cm³/mol. The van der Waals surface area contributed by atoms with Crippen molar-refractivity contribution in [3.63, 3.8) is 0 Å². The number of unbranched alkanes of at least 4 members (excludes halogenated alkanes) is 2. The lowest BCUT2D eigenvalue weighted by Gasteiger charge is -1.88. The first-order chi connectivity index (χ1) is 6.33. The van der Waals surface area contributed by atoms with Gasteiger partial charge in [-0.1, -0.05) is 30.9 Å². The van der Waals surface area contributed by atoms with Gasteiger partial charge in [-0.25, -0.2) is 9.97 Å². The fraction of sp³-hybridized carbons (Fsp3) is 0.400. The second-order valence-corrected chi connectivity index (χ2v) is 3.00. The number of hydrogen-bond acceptors (Lipinski definition) is 2. The van der Waals surface area contributed by atoms with Crippen molar-refractivity contribution < 1.29 is 0 Å². The molecule has 0 unspecified atom stereocenters. The average molecular weight is 195 g/mol. The lowest BCUT2D eigenvalue weighted by atomic mass is 10.2. The first kappa shape index (κ1) is 10.0. The molecule has 0 aliphatic carbocycles. The average Bonchev–Trinajstić information content (AvgIpc) is 2.13. The van der Waals surface area contributed by atoms with E-state index < -0.39 is 0 Å². The van der Waals surface area contributed by atoms with Crippen LogP contribution in [0.4, 0.5) is 0 Å². The summed E-state index contributed by atoms with van der Waals surface area (Å²) in [6, 6.07) is 1.64.